The van der Waals surface area contributed by atoms with Crippen molar-refractivity contribution < 1.29 is 24.1 Å². The zero-order chi connectivity index (χ0) is 28.8. The van der Waals surface area contributed by atoms with Gasteiger partial charge >= 0.3 is 0 Å². The number of hydrogen-bond acceptors (Lipinski definition) is 6. The van der Waals surface area contributed by atoms with Gasteiger partial charge in [0.2, 0.25) is 5.91 Å². The summed E-state index contributed by atoms with van der Waals surface area (Å²) < 4.78 is 14.0. The standard InChI is InChI=1S/C33H34N2O5S/c1-22-30(21-41-31-9-5-6-18-35(31)38)39-33(40-32(22)26-12-10-24(20-36)11-13-26)27-16-14-25(15-17-27)29-8-4-3-7-28(29)19-34-23(2)37/h3-18,22,30,32-33,36H,19-21H2,1-2H3,(H,34,37). The third-order valence-corrected chi connectivity index (χ3v) is 8.45. The van der Waals surface area contributed by atoms with E-state index in [0.717, 1.165) is 38.1 Å². The molecule has 7 nitrogen and oxygen atoms in total. The molecule has 2 N–H and O–H groups in total. The molecule has 0 aliphatic carbocycles. The first-order valence-electron chi connectivity index (χ1n) is 13.7. The van der Waals surface area contributed by atoms with Crippen molar-refractivity contribution in [1.82, 2.24) is 5.32 Å². The molecule has 3 aromatic carbocycles. The van der Waals surface area contributed by atoms with E-state index in [9.17, 15) is 15.1 Å². The Morgan fingerprint density at radius 2 is 1.66 bits per heavy atom. The SMILES string of the molecule is CC(=O)NCc1ccccc1-c1ccc(C2OC(CSc3cccc[n+]3[O-])C(C)C(c3ccc(CO)cc3)O2)cc1. The first-order chi connectivity index (χ1) is 19.9. The molecule has 0 radical (unpaired) electrons. The topological polar surface area (TPSA) is 94.7 Å². The lowest BCUT2D eigenvalue weighted by Gasteiger charge is -2.41. The number of aliphatic hydroxyl groups is 1. The molecule has 5 rings (SSSR count). The summed E-state index contributed by atoms with van der Waals surface area (Å²) >= 11 is 1.47. The molecule has 0 saturated carbocycles. The van der Waals surface area contributed by atoms with Crippen molar-refractivity contribution in [2.75, 3.05) is 5.75 Å². The number of amides is 1. The summed E-state index contributed by atoms with van der Waals surface area (Å²) in [6.45, 7) is 4.07. The smallest absolute Gasteiger partial charge is 0.251 e. The summed E-state index contributed by atoms with van der Waals surface area (Å²) in [6.07, 6.45) is 0.485. The maximum absolute atomic E-state index is 12.2. The van der Waals surface area contributed by atoms with E-state index in [4.69, 9.17) is 9.47 Å². The van der Waals surface area contributed by atoms with Crippen LogP contribution in [-0.4, -0.2) is 22.9 Å². The van der Waals surface area contributed by atoms with E-state index in [-0.39, 0.29) is 30.6 Å². The van der Waals surface area contributed by atoms with Crippen molar-refractivity contribution in [2.45, 2.75) is 50.5 Å². The van der Waals surface area contributed by atoms with Crippen molar-refractivity contribution >= 4 is 17.7 Å². The Balaban J connectivity index is 1.40. The number of pyridine rings is 1. The predicted octanol–water partition coefficient (Wildman–Crippen LogP) is 5.70. The van der Waals surface area contributed by atoms with Gasteiger partial charge in [0.15, 0.2) is 12.5 Å². The Hall–Kier alpha value is -3.69. The molecule has 0 spiro atoms. The lowest BCUT2D eigenvalue weighted by atomic mass is 9.91. The van der Waals surface area contributed by atoms with Crippen molar-refractivity contribution in [3.8, 4) is 11.1 Å². The van der Waals surface area contributed by atoms with Gasteiger partial charge in [0, 0.05) is 42.8 Å². The van der Waals surface area contributed by atoms with E-state index >= 15 is 0 Å². The third-order valence-electron chi connectivity index (χ3n) is 7.35. The molecule has 1 amide bonds. The van der Waals surface area contributed by atoms with E-state index in [0.29, 0.717) is 17.3 Å². The lowest BCUT2D eigenvalue weighted by molar-refractivity contribution is -0.645. The van der Waals surface area contributed by atoms with Gasteiger partial charge in [-0.15, -0.1) is 0 Å². The van der Waals surface area contributed by atoms with Gasteiger partial charge in [-0.25, -0.2) is 0 Å². The van der Waals surface area contributed by atoms with Crippen LogP contribution in [0.1, 0.15) is 48.5 Å². The first kappa shape index (κ1) is 28.8. The minimum atomic E-state index is -0.599. The fourth-order valence-electron chi connectivity index (χ4n) is 5.00. The molecular weight excluding hydrogens is 536 g/mol. The van der Waals surface area contributed by atoms with E-state index in [2.05, 4.69) is 12.2 Å². The minimum absolute atomic E-state index is 0.0150. The number of nitrogens with one attached hydrogen (secondary N) is 1. The van der Waals surface area contributed by atoms with Crippen LogP contribution in [0, 0.1) is 11.1 Å². The second kappa shape index (κ2) is 13.3. The number of thioether (sulfide) groups is 1. The predicted molar refractivity (Wildman–Crippen MR) is 158 cm³/mol. The summed E-state index contributed by atoms with van der Waals surface area (Å²) in [6, 6.07) is 29.4. The number of aromatic nitrogens is 1. The van der Waals surface area contributed by atoms with Crippen LogP contribution in [-0.2, 0) is 27.4 Å². The second-order valence-corrected chi connectivity index (χ2v) is 11.2. The molecule has 1 aliphatic rings. The minimum Gasteiger partial charge on any atom is -0.618 e. The monoisotopic (exact) mass is 570 g/mol. The molecule has 1 aromatic heterocycles. The molecule has 4 atom stereocenters. The molecule has 212 valence electrons. The number of carbonyl (C=O) groups is 1. The van der Waals surface area contributed by atoms with Gasteiger partial charge in [-0.1, -0.05) is 91.5 Å². The number of aliphatic hydroxyl groups excluding tert-OH is 1. The Labute approximate surface area is 244 Å². The van der Waals surface area contributed by atoms with Crippen LogP contribution in [0.4, 0.5) is 0 Å². The largest absolute Gasteiger partial charge is 0.618 e. The highest BCUT2D eigenvalue weighted by atomic mass is 32.2. The molecule has 4 unspecified atom stereocenters. The highest BCUT2D eigenvalue weighted by Crippen LogP contribution is 2.43. The van der Waals surface area contributed by atoms with Gasteiger partial charge in [-0.2, -0.15) is 4.73 Å². The van der Waals surface area contributed by atoms with Crippen LogP contribution in [0.15, 0.2) is 102 Å². The van der Waals surface area contributed by atoms with Crippen LogP contribution in [0.25, 0.3) is 11.1 Å². The highest BCUT2D eigenvalue weighted by Gasteiger charge is 2.38. The maximum atomic E-state index is 12.2. The average molecular weight is 571 g/mol. The maximum Gasteiger partial charge on any atom is 0.251 e. The van der Waals surface area contributed by atoms with Crippen LogP contribution in [0.3, 0.4) is 0 Å². The molecule has 2 heterocycles. The summed E-state index contributed by atoms with van der Waals surface area (Å²) in [4.78, 5) is 11.5. The molecule has 1 fully saturated rings. The Morgan fingerprint density at radius 1 is 0.951 bits per heavy atom. The number of nitrogens with zero attached hydrogens (tertiary/aromatic N) is 1. The normalized spacial score (nSPS) is 20.5. The molecule has 0 bridgehead atoms. The fraction of sp³-hybridized carbons (Fsp3) is 0.273. The van der Waals surface area contributed by atoms with E-state index in [1.807, 2.05) is 84.9 Å². The van der Waals surface area contributed by atoms with E-state index in [1.54, 1.807) is 6.07 Å². The average Bonchev–Trinajstić information content (AvgIpc) is 3.00. The highest BCUT2D eigenvalue weighted by molar-refractivity contribution is 7.99. The Kier molecular flexibility index (Phi) is 9.36. The summed E-state index contributed by atoms with van der Waals surface area (Å²) in [5, 5.41) is 25.2. The van der Waals surface area contributed by atoms with Crippen molar-refractivity contribution in [1.29, 1.82) is 0 Å². The lowest BCUT2D eigenvalue weighted by Crippen LogP contribution is -2.39. The molecular formula is C33H34N2O5S. The van der Waals surface area contributed by atoms with E-state index < -0.39 is 6.29 Å². The first-order valence-corrected chi connectivity index (χ1v) is 14.7. The van der Waals surface area contributed by atoms with Crippen molar-refractivity contribution in [3.05, 3.63) is 125 Å². The van der Waals surface area contributed by atoms with Gasteiger partial charge in [-0.3, -0.25) is 4.79 Å². The van der Waals surface area contributed by atoms with Gasteiger partial charge in [0.1, 0.15) is 0 Å². The number of hydrogen-bond donors (Lipinski definition) is 2. The summed E-state index contributed by atoms with van der Waals surface area (Å²) in [7, 11) is 0. The van der Waals surface area contributed by atoms with Gasteiger partial charge in [0.05, 0.1) is 18.8 Å². The van der Waals surface area contributed by atoms with Crippen molar-refractivity contribution in [3.63, 3.8) is 0 Å². The summed E-state index contributed by atoms with van der Waals surface area (Å²) in [5.41, 5.74) is 5.87. The van der Waals surface area contributed by atoms with Gasteiger partial charge in [0.25, 0.3) is 5.03 Å². The quantitative estimate of drug-likeness (QED) is 0.152. The van der Waals surface area contributed by atoms with Crippen LogP contribution >= 0.6 is 11.8 Å². The van der Waals surface area contributed by atoms with Gasteiger partial charge < -0.3 is 25.1 Å². The van der Waals surface area contributed by atoms with Gasteiger partial charge in [-0.05, 0) is 33.9 Å². The van der Waals surface area contributed by atoms with Crippen molar-refractivity contribution in [2.24, 2.45) is 5.92 Å². The molecule has 41 heavy (non-hydrogen) atoms. The van der Waals surface area contributed by atoms with Crippen LogP contribution in [0.5, 0.6) is 0 Å². The number of ether oxygens (including phenoxy) is 2. The molecule has 1 aliphatic heterocycles. The Bertz CT molecular complexity index is 1460. The van der Waals surface area contributed by atoms with Crippen LogP contribution < -0.4 is 10.0 Å². The zero-order valence-corrected chi connectivity index (χ0v) is 23.9. The zero-order valence-electron chi connectivity index (χ0n) is 23.1. The summed E-state index contributed by atoms with van der Waals surface area (Å²) in [5.74, 6) is 0.539. The number of benzene rings is 3. The fourth-order valence-corrected chi connectivity index (χ4v) is 6.08. The second-order valence-electron chi connectivity index (χ2n) is 10.2. The molecule has 8 heteroatoms. The number of rotatable bonds is 9. The van der Waals surface area contributed by atoms with E-state index in [1.165, 1.54) is 24.9 Å². The van der Waals surface area contributed by atoms with Crippen LogP contribution in [0.2, 0.25) is 0 Å². The number of carbonyl (C=O) groups excluding carboxylic acids is 1. The Morgan fingerprint density at radius 3 is 2.37 bits per heavy atom. The molecule has 1 saturated heterocycles. The third kappa shape index (κ3) is 6.97. The molecule has 4 aromatic rings.